The van der Waals surface area contributed by atoms with Crippen LogP contribution in [0.15, 0.2) is 36.4 Å². The monoisotopic (exact) mass is 419 g/mol. The highest BCUT2D eigenvalue weighted by Crippen LogP contribution is 2.45. The van der Waals surface area contributed by atoms with E-state index in [4.69, 9.17) is 14.2 Å². The first-order valence-electron chi connectivity index (χ1n) is 8.95. The van der Waals surface area contributed by atoms with Crippen molar-refractivity contribution in [3.63, 3.8) is 0 Å². The van der Waals surface area contributed by atoms with Crippen molar-refractivity contribution in [1.82, 2.24) is 4.90 Å². The highest BCUT2D eigenvalue weighted by atomic mass is 32.2. The fourth-order valence-corrected chi connectivity index (χ4v) is 6.03. The van der Waals surface area contributed by atoms with Crippen molar-refractivity contribution >= 4 is 29.4 Å². The van der Waals surface area contributed by atoms with Crippen molar-refractivity contribution in [2.45, 2.75) is 11.1 Å². The molecule has 0 atom stereocenters. The lowest BCUT2D eigenvalue weighted by molar-refractivity contribution is 0.0784. The molecule has 0 unspecified atom stereocenters. The second-order valence-corrected chi connectivity index (χ2v) is 9.07. The van der Waals surface area contributed by atoms with Gasteiger partial charge in [0.1, 0.15) is 0 Å². The summed E-state index contributed by atoms with van der Waals surface area (Å²) in [4.78, 5) is 14.6. The number of ether oxygens (including phenoxy) is 3. The summed E-state index contributed by atoms with van der Waals surface area (Å²) in [7, 11) is 6.52. The van der Waals surface area contributed by atoms with Crippen LogP contribution in [-0.4, -0.2) is 50.7 Å². The number of methoxy groups -OCH3 is 3. The molecule has 0 spiro atoms. The van der Waals surface area contributed by atoms with Gasteiger partial charge in [-0.15, -0.1) is 23.5 Å². The van der Waals surface area contributed by atoms with Gasteiger partial charge in [-0.25, -0.2) is 0 Å². The van der Waals surface area contributed by atoms with Crippen molar-refractivity contribution in [3.8, 4) is 17.2 Å². The molecule has 0 bridgehead atoms. The van der Waals surface area contributed by atoms with E-state index in [9.17, 15) is 4.79 Å². The van der Waals surface area contributed by atoms with Crippen molar-refractivity contribution < 1.29 is 19.0 Å². The van der Waals surface area contributed by atoms with Gasteiger partial charge in [-0.2, -0.15) is 0 Å². The molecule has 0 aliphatic carbocycles. The maximum atomic E-state index is 12.9. The van der Waals surface area contributed by atoms with E-state index >= 15 is 0 Å². The number of hydrogen-bond acceptors (Lipinski definition) is 6. The maximum Gasteiger partial charge on any atom is 0.253 e. The normalized spacial score (nSPS) is 14.0. The predicted molar refractivity (Wildman–Crippen MR) is 116 cm³/mol. The zero-order valence-corrected chi connectivity index (χ0v) is 18.2. The van der Waals surface area contributed by atoms with E-state index < -0.39 is 0 Å². The highest BCUT2D eigenvalue weighted by molar-refractivity contribution is 8.19. The van der Waals surface area contributed by atoms with Crippen LogP contribution in [0.1, 0.15) is 26.1 Å². The Morgan fingerprint density at radius 1 is 0.964 bits per heavy atom. The molecular weight excluding hydrogens is 394 g/mol. The minimum atomic E-state index is -0.0323. The molecule has 0 saturated carbocycles. The Morgan fingerprint density at radius 2 is 1.61 bits per heavy atom. The summed E-state index contributed by atoms with van der Waals surface area (Å²) in [6.45, 7) is 0.401. The molecule has 5 nitrogen and oxygen atoms in total. The van der Waals surface area contributed by atoms with E-state index in [-0.39, 0.29) is 5.91 Å². The zero-order chi connectivity index (χ0) is 20.1. The minimum absolute atomic E-state index is 0.0323. The molecule has 3 rings (SSSR count). The van der Waals surface area contributed by atoms with Crippen LogP contribution in [0.4, 0.5) is 0 Å². The van der Waals surface area contributed by atoms with Gasteiger partial charge in [-0.3, -0.25) is 4.79 Å². The Labute approximate surface area is 174 Å². The van der Waals surface area contributed by atoms with E-state index in [2.05, 4.69) is 12.1 Å². The molecule has 7 heteroatoms. The third-order valence-electron chi connectivity index (χ3n) is 4.59. The SMILES string of the molecule is COc1ccc(CN(C)C(=O)c2ccc(C3SCCS3)cc2)c(OC)c1OC. The van der Waals surface area contributed by atoms with Crippen LogP contribution in [0.25, 0.3) is 0 Å². The standard InChI is InChI=1S/C21H25NO4S2/c1-22(13-16-9-10-17(24-2)19(26-4)18(16)25-3)20(23)14-5-7-15(8-6-14)21-27-11-12-28-21/h5-10,21H,11-13H2,1-4H3. The largest absolute Gasteiger partial charge is 0.493 e. The second-order valence-electron chi connectivity index (χ2n) is 6.35. The molecule has 150 valence electrons. The first-order valence-corrected chi connectivity index (χ1v) is 11.0. The molecule has 0 aromatic heterocycles. The molecule has 0 N–H and O–H groups in total. The van der Waals surface area contributed by atoms with Gasteiger partial charge in [-0.05, 0) is 29.8 Å². The van der Waals surface area contributed by atoms with E-state index in [1.54, 1.807) is 33.3 Å². The molecule has 28 heavy (non-hydrogen) atoms. The van der Waals surface area contributed by atoms with Gasteiger partial charge in [0.2, 0.25) is 5.75 Å². The third-order valence-corrected chi connectivity index (χ3v) is 7.70. The van der Waals surface area contributed by atoms with Crippen LogP contribution in [-0.2, 0) is 6.54 Å². The predicted octanol–water partition coefficient (Wildman–Crippen LogP) is 4.46. The van der Waals surface area contributed by atoms with Gasteiger partial charge in [-0.1, -0.05) is 12.1 Å². The van der Waals surface area contributed by atoms with E-state index in [0.717, 1.165) is 5.56 Å². The molecule has 1 aliphatic rings. The van der Waals surface area contributed by atoms with Gasteiger partial charge in [0, 0.05) is 36.2 Å². The number of hydrogen-bond donors (Lipinski definition) is 0. The minimum Gasteiger partial charge on any atom is -0.493 e. The summed E-state index contributed by atoms with van der Waals surface area (Å²) in [6.07, 6.45) is 0. The van der Waals surface area contributed by atoms with Crippen LogP contribution in [0.5, 0.6) is 17.2 Å². The highest BCUT2D eigenvalue weighted by Gasteiger charge is 2.21. The number of thioether (sulfide) groups is 2. The molecule has 1 heterocycles. The fraction of sp³-hybridized carbons (Fsp3) is 0.381. The quantitative estimate of drug-likeness (QED) is 0.660. The summed E-state index contributed by atoms with van der Waals surface area (Å²) in [5.41, 5.74) is 2.80. The van der Waals surface area contributed by atoms with Gasteiger partial charge < -0.3 is 19.1 Å². The van der Waals surface area contributed by atoms with E-state index in [1.165, 1.54) is 17.1 Å². The number of benzene rings is 2. The topological polar surface area (TPSA) is 48.0 Å². The van der Waals surface area contributed by atoms with Crippen LogP contribution in [0.3, 0.4) is 0 Å². The first-order chi connectivity index (χ1) is 13.6. The summed E-state index contributed by atoms with van der Waals surface area (Å²) >= 11 is 3.92. The Morgan fingerprint density at radius 3 is 2.18 bits per heavy atom. The van der Waals surface area contributed by atoms with Crippen molar-refractivity contribution in [3.05, 3.63) is 53.1 Å². The molecular formula is C21H25NO4S2. The van der Waals surface area contributed by atoms with Crippen molar-refractivity contribution in [1.29, 1.82) is 0 Å². The number of nitrogens with zero attached hydrogens (tertiary/aromatic N) is 1. The smallest absolute Gasteiger partial charge is 0.253 e. The van der Waals surface area contributed by atoms with Crippen LogP contribution < -0.4 is 14.2 Å². The molecule has 1 amide bonds. The van der Waals surface area contributed by atoms with Gasteiger partial charge in [0.25, 0.3) is 5.91 Å². The third kappa shape index (κ3) is 4.36. The Bertz CT molecular complexity index is 820. The van der Waals surface area contributed by atoms with Gasteiger partial charge in [0.05, 0.1) is 25.9 Å². The number of carbonyl (C=O) groups excluding carboxylic acids is 1. The summed E-state index contributed by atoms with van der Waals surface area (Å²) in [5, 5.41) is 0. The van der Waals surface area contributed by atoms with E-state index in [1.807, 2.05) is 47.8 Å². The average Bonchev–Trinajstić information content (AvgIpc) is 3.27. The lowest BCUT2D eigenvalue weighted by atomic mass is 10.1. The second kappa shape index (κ2) is 9.47. The molecule has 2 aromatic rings. The van der Waals surface area contributed by atoms with Crippen LogP contribution in [0, 0.1) is 0 Å². The molecule has 1 fully saturated rings. The van der Waals surface area contributed by atoms with Gasteiger partial charge >= 0.3 is 0 Å². The first kappa shape index (κ1) is 20.7. The Balaban J connectivity index is 1.75. The molecule has 1 saturated heterocycles. The van der Waals surface area contributed by atoms with Crippen LogP contribution >= 0.6 is 23.5 Å². The summed E-state index contributed by atoms with van der Waals surface area (Å²) in [6, 6.07) is 11.7. The summed E-state index contributed by atoms with van der Waals surface area (Å²) in [5.74, 6) is 4.04. The average molecular weight is 420 g/mol. The lowest BCUT2D eigenvalue weighted by Crippen LogP contribution is -2.26. The Hall–Kier alpha value is -1.99. The van der Waals surface area contributed by atoms with Crippen LogP contribution in [0.2, 0.25) is 0 Å². The van der Waals surface area contributed by atoms with Crippen molar-refractivity contribution in [2.24, 2.45) is 0 Å². The maximum absolute atomic E-state index is 12.9. The molecule has 2 aromatic carbocycles. The Kier molecular flexibility index (Phi) is 7.02. The fourth-order valence-electron chi connectivity index (χ4n) is 3.17. The summed E-state index contributed by atoms with van der Waals surface area (Å²) < 4.78 is 16.8. The zero-order valence-electron chi connectivity index (χ0n) is 16.6. The van der Waals surface area contributed by atoms with Gasteiger partial charge in [0.15, 0.2) is 11.5 Å². The molecule has 1 aliphatic heterocycles. The number of amides is 1. The molecule has 0 radical (unpaired) electrons. The number of carbonyl (C=O) groups is 1. The lowest BCUT2D eigenvalue weighted by Gasteiger charge is -2.21. The number of rotatable bonds is 7. The van der Waals surface area contributed by atoms with Crippen molar-refractivity contribution in [2.75, 3.05) is 39.9 Å². The van der Waals surface area contributed by atoms with E-state index in [0.29, 0.717) is 33.9 Å².